The van der Waals surface area contributed by atoms with Gasteiger partial charge in [0.15, 0.2) is 0 Å². The van der Waals surface area contributed by atoms with Crippen LogP contribution in [0.3, 0.4) is 0 Å². The van der Waals surface area contributed by atoms with Crippen molar-refractivity contribution in [2.24, 2.45) is 5.92 Å². The van der Waals surface area contributed by atoms with E-state index in [1.54, 1.807) is 12.1 Å². The minimum atomic E-state index is -0.926. The molecule has 2 N–H and O–H groups in total. The van der Waals surface area contributed by atoms with Crippen LogP contribution in [0.1, 0.15) is 54.6 Å². The summed E-state index contributed by atoms with van der Waals surface area (Å²) in [6.45, 7) is 5.41. The third-order valence-electron chi connectivity index (χ3n) is 6.27. The van der Waals surface area contributed by atoms with Crippen molar-refractivity contribution in [1.29, 1.82) is 0 Å². The number of piperidine rings is 2. The number of carbonyl (C=O) groups excluding carboxylic acids is 1. The van der Waals surface area contributed by atoms with Gasteiger partial charge in [0.2, 0.25) is 5.91 Å². The Labute approximate surface area is 166 Å². The summed E-state index contributed by atoms with van der Waals surface area (Å²) in [5.74, 6) is 0.0144. The van der Waals surface area contributed by atoms with E-state index in [0.717, 1.165) is 70.4 Å². The van der Waals surface area contributed by atoms with Gasteiger partial charge >= 0.3 is 5.97 Å². The molecule has 0 aromatic carbocycles. The molecule has 0 radical (unpaired) electrons. The zero-order valence-corrected chi connectivity index (χ0v) is 16.6. The van der Waals surface area contributed by atoms with E-state index in [4.69, 9.17) is 0 Å². The third-order valence-corrected chi connectivity index (χ3v) is 6.27. The Morgan fingerprint density at radius 3 is 2.54 bits per heavy atom. The second-order valence-corrected chi connectivity index (χ2v) is 8.46. The van der Waals surface area contributed by atoms with Gasteiger partial charge in [0.25, 0.3) is 0 Å². The number of anilines is 1. The summed E-state index contributed by atoms with van der Waals surface area (Å²) >= 11 is 0. The molecule has 1 saturated carbocycles. The molecule has 7 heteroatoms. The van der Waals surface area contributed by atoms with Gasteiger partial charge in [0.05, 0.1) is 5.92 Å². The van der Waals surface area contributed by atoms with E-state index in [-0.39, 0.29) is 17.4 Å². The number of aromatic carboxylic acids is 1. The molecular weight excluding hydrogens is 356 g/mol. The number of aromatic nitrogens is 1. The van der Waals surface area contributed by atoms with Crippen LogP contribution in [0.5, 0.6) is 0 Å². The van der Waals surface area contributed by atoms with Crippen molar-refractivity contribution in [2.75, 3.05) is 31.1 Å². The summed E-state index contributed by atoms with van der Waals surface area (Å²) in [5.41, 5.74) is 1.11. The van der Waals surface area contributed by atoms with Crippen molar-refractivity contribution in [1.82, 2.24) is 15.2 Å². The molecule has 3 aliphatic rings. The van der Waals surface area contributed by atoms with Crippen LogP contribution in [0, 0.1) is 12.8 Å². The number of likely N-dealkylation sites (tertiary alicyclic amines) is 1. The van der Waals surface area contributed by atoms with Gasteiger partial charge < -0.3 is 15.3 Å². The smallest absolute Gasteiger partial charge is 0.339 e. The zero-order valence-electron chi connectivity index (χ0n) is 16.6. The Kier molecular flexibility index (Phi) is 5.53. The Morgan fingerprint density at radius 2 is 1.86 bits per heavy atom. The molecule has 1 amide bonds. The number of amides is 1. The highest BCUT2D eigenvalue weighted by Gasteiger charge is 2.34. The van der Waals surface area contributed by atoms with E-state index in [9.17, 15) is 14.7 Å². The van der Waals surface area contributed by atoms with Crippen LogP contribution in [0.15, 0.2) is 12.1 Å². The quantitative estimate of drug-likeness (QED) is 0.806. The molecule has 2 aliphatic heterocycles. The molecule has 2 saturated heterocycles. The highest BCUT2D eigenvalue weighted by Crippen LogP contribution is 2.28. The molecule has 1 atom stereocenters. The van der Waals surface area contributed by atoms with Crippen molar-refractivity contribution in [2.45, 2.75) is 57.5 Å². The average molecular weight is 386 g/mol. The number of nitrogens with zero attached hydrogens (tertiary/aromatic N) is 3. The van der Waals surface area contributed by atoms with Crippen molar-refractivity contribution < 1.29 is 14.7 Å². The molecule has 28 heavy (non-hydrogen) atoms. The first-order chi connectivity index (χ1) is 13.5. The highest BCUT2D eigenvalue weighted by molar-refractivity contribution is 5.93. The van der Waals surface area contributed by atoms with E-state index >= 15 is 0 Å². The Hall–Kier alpha value is -2.15. The molecule has 0 spiro atoms. The lowest BCUT2D eigenvalue weighted by Gasteiger charge is -2.42. The van der Waals surface area contributed by atoms with Gasteiger partial charge in [-0.1, -0.05) is 0 Å². The Balaban J connectivity index is 1.35. The molecule has 1 unspecified atom stereocenters. The van der Waals surface area contributed by atoms with Crippen molar-refractivity contribution in [3.63, 3.8) is 0 Å². The fourth-order valence-electron chi connectivity index (χ4n) is 4.49. The molecular formula is C21H30N4O3. The standard InChI is InChI=1S/C21H30N4O3/c1-14-4-7-18(21(27)28)19(22-14)24-11-8-17(9-12-24)25-10-2-3-15(13-25)20(26)23-16-5-6-16/h4,7,15-17H,2-3,5-6,8-13H2,1H3,(H,23,26)(H,27,28). The number of rotatable bonds is 5. The molecule has 0 bridgehead atoms. The van der Waals surface area contributed by atoms with Crippen molar-refractivity contribution >= 4 is 17.7 Å². The summed E-state index contributed by atoms with van der Waals surface area (Å²) in [7, 11) is 0. The average Bonchev–Trinajstić information content (AvgIpc) is 3.52. The number of pyridine rings is 1. The summed E-state index contributed by atoms with van der Waals surface area (Å²) in [6.07, 6.45) is 6.28. The van der Waals surface area contributed by atoms with Gasteiger partial charge in [-0.3, -0.25) is 9.69 Å². The lowest BCUT2D eigenvalue weighted by Crippen LogP contribution is -2.51. The number of hydrogen-bond donors (Lipinski definition) is 2. The maximum absolute atomic E-state index is 12.4. The van der Waals surface area contributed by atoms with Crippen LogP contribution < -0.4 is 10.2 Å². The summed E-state index contributed by atoms with van der Waals surface area (Å²) in [4.78, 5) is 33.1. The van der Waals surface area contributed by atoms with Gasteiger partial charge in [-0.15, -0.1) is 0 Å². The van der Waals surface area contributed by atoms with Crippen LogP contribution in [-0.2, 0) is 4.79 Å². The van der Waals surface area contributed by atoms with E-state index < -0.39 is 5.97 Å². The van der Waals surface area contributed by atoms with Crippen LogP contribution >= 0.6 is 0 Å². The van der Waals surface area contributed by atoms with Crippen LogP contribution in [0.2, 0.25) is 0 Å². The maximum atomic E-state index is 12.4. The van der Waals surface area contributed by atoms with E-state index in [0.29, 0.717) is 17.9 Å². The van der Waals surface area contributed by atoms with E-state index in [1.807, 2.05) is 6.92 Å². The zero-order chi connectivity index (χ0) is 19.7. The van der Waals surface area contributed by atoms with Gasteiger partial charge in [0.1, 0.15) is 11.4 Å². The predicted octanol–water partition coefficient (Wildman–Crippen LogP) is 2.05. The third kappa shape index (κ3) is 4.29. The SMILES string of the molecule is Cc1ccc(C(=O)O)c(N2CCC(N3CCCC(C(=O)NC4CC4)C3)CC2)n1. The molecule has 4 rings (SSSR count). The van der Waals surface area contributed by atoms with Crippen LogP contribution in [0.4, 0.5) is 5.82 Å². The minimum Gasteiger partial charge on any atom is -0.478 e. The first kappa shape index (κ1) is 19.2. The largest absolute Gasteiger partial charge is 0.478 e. The lowest BCUT2D eigenvalue weighted by atomic mass is 9.93. The van der Waals surface area contributed by atoms with Crippen LogP contribution in [0.25, 0.3) is 0 Å². The fourth-order valence-corrected chi connectivity index (χ4v) is 4.49. The number of hydrogen-bond acceptors (Lipinski definition) is 5. The molecule has 1 aromatic rings. The molecule has 1 aliphatic carbocycles. The van der Waals surface area contributed by atoms with Gasteiger partial charge in [0, 0.05) is 37.4 Å². The monoisotopic (exact) mass is 386 g/mol. The molecule has 7 nitrogen and oxygen atoms in total. The number of carboxylic acids is 1. The number of carboxylic acid groups (broad SMARTS) is 1. The number of nitrogens with one attached hydrogen (secondary N) is 1. The number of aryl methyl sites for hydroxylation is 1. The van der Waals surface area contributed by atoms with Crippen LogP contribution in [-0.4, -0.2) is 65.1 Å². The molecule has 1 aromatic heterocycles. The summed E-state index contributed by atoms with van der Waals surface area (Å²) in [6, 6.07) is 4.29. The number of carbonyl (C=O) groups is 2. The summed E-state index contributed by atoms with van der Waals surface area (Å²) < 4.78 is 0. The predicted molar refractivity (Wildman–Crippen MR) is 107 cm³/mol. The highest BCUT2D eigenvalue weighted by atomic mass is 16.4. The first-order valence-electron chi connectivity index (χ1n) is 10.5. The maximum Gasteiger partial charge on any atom is 0.339 e. The minimum absolute atomic E-state index is 0.115. The second kappa shape index (κ2) is 8.07. The van der Waals surface area contributed by atoms with E-state index in [2.05, 4.69) is 20.1 Å². The first-order valence-corrected chi connectivity index (χ1v) is 10.5. The molecule has 3 fully saturated rings. The second-order valence-electron chi connectivity index (χ2n) is 8.46. The van der Waals surface area contributed by atoms with Gasteiger partial charge in [-0.05, 0) is 64.1 Å². The van der Waals surface area contributed by atoms with Crippen molar-refractivity contribution in [3.8, 4) is 0 Å². The lowest BCUT2D eigenvalue weighted by molar-refractivity contribution is -0.127. The van der Waals surface area contributed by atoms with E-state index in [1.165, 1.54) is 0 Å². The van der Waals surface area contributed by atoms with Gasteiger partial charge in [-0.2, -0.15) is 0 Å². The Bertz CT molecular complexity index is 741. The van der Waals surface area contributed by atoms with Crippen molar-refractivity contribution in [3.05, 3.63) is 23.4 Å². The molecule has 152 valence electrons. The fraction of sp³-hybridized carbons (Fsp3) is 0.667. The van der Waals surface area contributed by atoms with Gasteiger partial charge in [-0.25, -0.2) is 9.78 Å². The Morgan fingerprint density at radius 1 is 1.11 bits per heavy atom. The topological polar surface area (TPSA) is 85.8 Å². The summed E-state index contributed by atoms with van der Waals surface area (Å²) in [5, 5.41) is 12.6. The molecule has 3 heterocycles. The normalized spacial score (nSPS) is 24.2.